The van der Waals surface area contributed by atoms with E-state index in [-0.39, 0.29) is 0 Å². The molecule has 0 atom stereocenters. The van der Waals surface area contributed by atoms with Gasteiger partial charge in [0.25, 0.3) is 0 Å². The molecule has 0 rings (SSSR count). The zero-order chi connectivity index (χ0) is 22.9. The van der Waals surface area contributed by atoms with E-state index >= 15 is 0 Å². The fraction of sp³-hybridized carbons (Fsp3) is 1.00. The SMILES string of the molecule is CCO[Si](CCCC(CCC[Si](OCC)(OCC)OCC)[SiH](C)C)(OCC)OCC. The molecule has 0 spiro atoms. The predicted octanol–water partition coefficient (Wildman–Crippen LogP) is 5.50. The monoisotopic (exact) mass is 482 g/mol. The van der Waals surface area contributed by atoms with Crippen LogP contribution in [-0.4, -0.2) is 66.0 Å². The van der Waals surface area contributed by atoms with Gasteiger partial charge in [-0.1, -0.05) is 25.9 Å². The molecule has 0 radical (unpaired) electrons. The first-order valence-corrected chi connectivity index (χ1v) is 19.1. The zero-order valence-electron chi connectivity index (χ0n) is 21.1. The Kier molecular flexibility index (Phi) is 18.2. The smallest absolute Gasteiger partial charge is 0.374 e. The Bertz CT molecular complexity index is 335. The van der Waals surface area contributed by atoms with Crippen molar-refractivity contribution in [3.8, 4) is 0 Å². The molecule has 9 heteroatoms. The van der Waals surface area contributed by atoms with Crippen LogP contribution < -0.4 is 0 Å². The molecule has 0 fully saturated rings. The van der Waals surface area contributed by atoms with Crippen molar-refractivity contribution in [2.24, 2.45) is 0 Å². The van der Waals surface area contributed by atoms with Gasteiger partial charge < -0.3 is 26.6 Å². The third-order valence-corrected chi connectivity index (χ3v) is 14.1. The van der Waals surface area contributed by atoms with Crippen molar-refractivity contribution in [3.63, 3.8) is 0 Å². The lowest BCUT2D eigenvalue weighted by Gasteiger charge is -2.30. The van der Waals surface area contributed by atoms with Crippen molar-refractivity contribution in [3.05, 3.63) is 0 Å². The first kappa shape index (κ1) is 30.4. The molecule has 30 heavy (non-hydrogen) atoms. The highest BCUT2D eigenvalue weighted by Gasteiger charge is 2.41. The Morgan fingerprint density at radius 1 is 0.533 bits per heavy atom. The molecule has 0 aromatic rings. The summed E-state index contributed by atoms with van der Waals surface area (Å²) in [6, 6.07) is 1.82. The maximum Gasteiger partial charge on any atom is 0.500 e. The molecule has 6 nitrogen and oxygen atoms in total. The maximum atomic E-state index is 6.02. The summed E-state index contributed by atoms with van der Waals surface area (Å²) in [5, 5.41) is 0. The van der Waals surface area contributed by atoms with E-state index in [2.05, 4.69) is 13.1 Å². The highest BCUT2D eigenvalue weighted by atomic mass is 28.4. The molecular formula is C21H50O6Si3. The molecule has 0 aromatic heterocycles. The molecule has 0 saturated heterocycles. The van der Waals surface area contributed by atoms with Gasteiger partial charge in [0.05, 0.1) is 0 Å². The van der Waals surface area contributed by atoms with Crippen molar-refractivity contribution in [1.82, 2.24) is 0 Å². The Hall–Kier alpha value is 0.411. The zero-order valence-corrected chi connectivity index (χ0v) is 24.2. The van der Waals surface area contributed by atoms with Gasteiger partial charge in [0.2, 0.25) is 0 Å². The average Bonchev–Trinajstić information content (AvgIpc) is 2.68. The van der Waals surface area contributed by atoms with Crippen molar-refractivity contribution in [1.29, 1.82) is 0 Å². The van der Waals surface area contributed by atoms with Crippen LogP contribution in [0.2, 0.25) is 30.7 Å². The van der Waals surface area contributed by atoms with Crippen LogP contribution in [0, 0.1) is 0 Å². The van der Waals surface area contributed by atoms with E-state index in [1.54, 1.807) is 0 Å². The molecule has 0 aliphatic carbocycles. The number of hydrogen-bond donors (Lipinski definition) is 0. The van der Waals surface area contributed by atoms with Crippen molar-refractivity contribution < 1.29 is 26.6 Å². The molecule has 0 amide bonds. The van der Waals surface area contributed by atoms with E-state index in [4.69, 9.17) is 26.6 Å². The third-order valence-electron chi connectivity index (χ3n) is 5.24. The summed E-state index contributed by atoms with van der Waals surface area (Å²) >= 11 is 0. The minimum absolute atomic E-state index is 0.646. The molecule has 0 unspecified atom stereocenters. The fourth-order valence-corrected chi connectivity index (χ4v) is 11.1. The standard InChI is InChI=1S/C21H50O6Si3/c1-9-22-29(23-10-2,24-11-3)19-15-17-21(28(7)8)18-16-20-30(25-12-4,26-13-5)27-14-6/h21,28H,9-20H2,1-8H3. The van der Waals surface area contributed by atoms with E-state index in [1.807, 2.05) is 41.5 Å². The van der Waals surface area contributed by atoms with Gasteiger partial charge in [-0.05, 0) is 59.9 Å². The molecule has 0 saturated carbocycles. The Morgan fingerprint density at radius 2 is 0.800 bits per heavy atom. The van der Waals surface area contributed by atoms with Crippen molar-refractivity contribution in [2.45, 2.75) is 97.9 Å². The normalized spacial score (nSPS) is 13.0. The van der Waals surface area contributed by atoms with Gasteiger partial charge in [0, 0.05) is 60.5 Å². The highest BCUT2D eigenvalue weighted by molar-refractivity contribution is 6.61. The lowest BCUT2D eigenvalue weighted by Crippen LogP contribution is -2.46. The molecule has 0 aliphatic heterocycles. The van der Waals surface area contributed by atoms with E-state index in [0.717, 1.165) is 30.5 Å². The van der Waals surface area contributed by atoms with Gasteiger partial charge in [-0.25, -0.2) is 0 Å². The van der Waals surface area contributed by atoms with Crippen LogP contribution in [0.1, 0.15) is 67.2 Å². The Balaban J connectivity index is 4.82. The number of hydrogen-bond acceptors (Lipinski definition) is 6. The van der Waals surface area contributed by atoms with Gasteiger partial charge in [0.1, 0.15) is 0 Å². The highest BCUT2D eigenvalue weighted by Crippen LogP contribution is 2.30. The minimum Gasteiger partial charge on any atom is -0.374 e. The largest absolute Gasteiger partial charge is 0.500 e. The molecule has 0 N–H and O–H groups in total. The van der Waals surface area contributed by atoms with Gasteiger partial charge in [-0.2, -0.15) is 0 Å². The summed E-state index contributed by atoms with van der Waals surface area (Å²) in [5.74, 6) is 0. The van der Waals surface area contributed by atoms with Crippen LogP contribution >= 0.6 is 0 Å². The van der Waals surface area contributed by atoms with Crippen LogP contribution in [0.15, 0.2) is 0 Å². The maximum absolute atomic E-state index is 6.02. The second kappa shape index (κ2) is 17.9. The summed E-state index contributed by atoms with van der Waals surface area (Å²) in [7, 11) is -5.82. The average molecular weight is 483 g/mol. The van der Waals surface area contributed by atoms with E-state index < -0.39 is 26.4 Å². The van der Waals surface area contributed by atoms with Crippen molar-refractivity contribution in [2.75, 3.05) is 39.6 Å². The number of rotatable bonds is 21. The van der Waals surface area contributed by atoms with Crippen LogP contribution in [0.5, 0.6) is 0 Å². The van der Waals surface area contributed by atoms with Gasteiger partial charge >= 0.3 is 17.6 Å². The predicted molar refractivity (Wildman–Crippen MR) is 132 cm³/mol. The topological polar surface area (TPSA) is 55.4 Å². The first-order chi connectivity index (χ1) is 14.4. The third kappa shape index (κ3) is 11.9. The summed E-state index contributed by atoms with van der Waals surface area (Å²) in [5.41, 5.74) is 0.790. The first-order valence-electron chi connectivity index (χ1n) is 12.2. The second-order valence-corrected chi connectivity index (χ2v) is 16.6. The molecule has 0 heterocycles. The van der Waals surface area contributed by atoms with E-state index in [0.29, 0.717) is 39.6 Å². The van der Waals surface area contributed by atoms with Gasteiger partial charge in [0.15, 0.2) is 0 Å². The summed E-state index contributed by atoms with van der Waals surface area (Å²) in [6.45, 7) is 20.9. The quantitative estimate of drug-likeness (QED) is 0.201. The Labute approximate surface area is 190 Å². The van der Waals surface area contributed by atoms with Crippen LogP contribution in [0.25, 0.3) is 0 Å². The minimum atomic E-state index is -2.53. The molecule has 182 valence electrons. The summed E-state index contributed by atoms with van der Waals surface area (Å²) < 4.78 is 36.1. The van der Waals surface area contributed by atoms with Crippen LogP contribution in [0.3, 0.4) is 0 Å². The summed E-state index contributed by atoms with van der Waals surface area (Å²) in [6.07, 6.45) is 4.65. The lowest BCUT2D eigenvalue weighted by molar-refractivity contribution is 0.0703. The molecular weight excluding hydrogens is 432 g/mol. The molecule has 0 aliphatic rings. The van der Waals surface area contributed by atoms with Gasteiger partial charge in [-0.3, -0.25) is 0 Å². The van der Waals surface area contributed by atoms with E-state index in [9.17, 15) is 0 Å². The molecule has 0 aromatic carbocycles. The second-order valence-electron chi connectivity index (χ2n) is 7.75. The lowest BCUT2D eigenvalue weighted by atomic mass is 10.1. The summed E-state index contributed by atoms with van der Waals surface area (Å²) in [4.78, 5) is 0. The fourth-order valence-electron chi connectivity index (χ4n) is 3.98. The Morgan fingerprint density at radius 3 is 1.00 bits per heavy atom. The van der Waals surface area contributed by atoms with Crippen LogP contribution in [0.4, 0.5) is 0 Å². The van der Waals surface area contributed by atoms with Gasteiger partial charge in [-0.15, -0.1) is 0 Å². The van der Waals surface area contributed by atoms with Crippen molar-refractivity contribution >= 4 is 26.4 Å². The van der Waals surface area contributed by atoms with E-state index in [1.165, 1.54) is 12.8 Å². The molecule has 0 bridgehead atoms. The van der Waals surface area contributed by atoms with Crippen LogP contribution in [-0.2, 0) is 26.6 Å².